The lowest BCUT2D eigenvalue weighted by molar-refractivity contribution is 0.415. The molecule has 0 radical (unpaired) electrons. The van der Waals surface area contributed by atoms with Gasteiger partial charge in [0, 0.05) is 18.6 Å². The van der Waals surface area contributed by atoms with Gasteiger partial charge < -0.3 is 4.74 Å². The Morgan fingerprint density at radius 1 is 1.10 bits per heavy atom. The van der Waals surface area contributed by atoms with Crippen LogP contribution >= 0.6 is 0 Å². The fourth-order valence-corrected chi connectivity index (χ4v) is 1.43. The van der Waals surface area contributed by atoms with Crippen LogP contribution in [-0.4, -0.2) is 18.3 Å². The number of benzene rings is 1. The van der Waals surface area contributed by atoms with Crippen molar-refractivity contribution < 1.29 is 4.74 Å². The number of hydrogen-bond acceptors (Lipinski definition) is 3. The molecule has 0 saturated carbocycles. The molecule has 0 fully saturated rings. The normalized spacial score (nSPS) is 10.3. The third-order valence-electron chi connectivity index (χ3n) is 2.36. The van der Waals surface area contributed by atoms with Crippen molar-refractivity contribution in [2.24, 2.45) is 4.99 Å². The fourth-order valence-electron chi connectivity index (χ4n) is 1.43. The maximum Gasteiger partial charge on any atom is 0.119 e. The van der Waals surface area contributed by atoms with Gasteiger partial charge >= 0.3 is 0 Å². The lowest BCUT2D eigenvalue weighted by Crippen LogP contribution is -1.79. The Morgan fingerprint density at radius 3 is 2.45 bits per heavy atom. The van der Waals surface area contributed by atoms with Gasteiger partial charge in [-0.25, -0.2) is 0 Å². The van der Waals surface area contributed by atoms with Crippen molar-refractivity contribution in [2.75, 3.05) is 7.11 Å². The minimum Gasteiger partial charge on any atom is -0.497 e. The van der Waals surface area contributed by atoms with Crippen LogP contribution in [0.1, 0.15) is 19.4 Å². The largest absolute Gasteiger partial charge is 0.497 e. The van der Waals surface area contributed by atoms with Gasteiger partial charge in [-0.1, -0.05) is 26.0 Å². The molecule has 0 aliphatic carbocycles. The molecule has 0 amide bonds. The van der Waals surface area contributed by atoms with Crippen molar-refractivity contribution in [1.29, 1.82) is 0 Å². The Balaban J connectivity index is 0.000000956. The first-order valence-electron chi connectivity index (χ1n) is 6.63. The summed E-state index contributed by atoms with van der Waals surface area (Å²) in [7, 11) is 1.65. The second kappa shape index (κ2) is 9.50. The van der Waals surface area contributed by atoms with Gasteiger partial charge in [0.2, 0.25) is 0 Å². The predicted molar refractivity (Wildman–Crippen MR) is 85.8 cm³/mol. The van der Waals surface area contributed by atoms with Crippen molar-refractivity contribution >= 4 is 18.0 Å². The number of rotatable bonds is 4. The summed E-state index contributed by atoms with van der Waals surface area (Å²) in [5.74, 6) is 0.833. The molecule has 0 N–H and O–H groups in total. The first-order chi connectivity index (χ1) is 9.88. The summed E-state index contributed by atoms with van der Waals surface area (Å²) in [6, 6.07) is 11.5. The van der Waals surface area contributed by atoms with Gasteiger partial charge in [-0.3, -0.25) is 9.98 Å². The molecule has 3 nitrogen and oxygen atoms in total. The fraction of sp³-hybridized carbons (Fsp3) is 0.176. The maximum absolute atomic E-state index is 5.08. The minimum absolute atomic E-state index is 0.833. The average Bonchev–Trinajstić information content (AvgIpc) is 2.55. The molecule has 0 aliphatic rings. The summed E-state index contributed by atoms with van der Waals surface area (Å²) in [4.78, 5) is 8.34. The zero-order valence-corrected chi connectivity index (χ0v) is 12.2. The van der Waals surface area contributed by atoms with Gasteiger partial charge in [-0.15, -0.1) is 0 Å². The van der Waals surface area contributed by atoms with E-state index < -0.39 is 0 Å². The summed E-state index contributed by atoms with van der Waals surface area (Å²) in [5, 5.41) is 0. The molecule has 0 unspecified atom stereocenters. The van der Waals surface area contributed by atoms with Crippen molar-refractivity contribution in [1.82, 2.24) is 4.98 Å². The number of methoxy groups -OCH3 is 1. The molecular weight excluding hydrogens is 248 g/mol. The second-order valence-electron chi connectivity index (χ2n) is 3.62. The van der Waals surface area contributed by atoms with E-state index in [1.165, 1.54) is 0 Å². The summed E-state index contributed by atoms with van der Waals surface area (Å²) >= 11 is 0. The van der Waals surface area contributed by atoms with E-state index in [0.29, 0.717) is 0 Å². The summed E-state index contributed by atoms with van der Waals surface area (Å²) < 4.78 is 5.08. The molecule has 104 valence electrons. The Labute approximate surface area is 120 Å². The molecule has 1 aromatic carbocycles. The Hall–Kier alpha value is -2.42. The number of ether oxygens (including phenoxy) is 1. The van der Waals surface area contributed by atoms with Gasteiger partial charge in [0.1, 0.15) is 5.75 Å². The van der Waals surface area contributed by atoms with Crippen LogP contribution < -0.4 is 4.74 Å². The van der Waals surface area contributed by atoms with Crippen LogP contribution in [0, 0.1) is 0 Å². The number of aliphatic imine (C=N–C) groups is 1. The number of allylic oxidation sites excluding steroid dienone is 1. The highest BCUT2D eigenvalue weighted by Crippen LogP contribution is 2.16. The zero-order chi connectivity index (χ0) is 14.6. The number of hydrogen-bond donors (Lipinski definition) is 0. The highest BCUT2D eigenvalue weighted by molar-refractivity contribution is 5.80. The third kappa shape index (κ3) is 5.48. The van der Waals surface area contributed by atoms with Gasteiger partial charge in [-0.05, 0) is 42.0 Å². The van der Waals surface area contributed by atoms with E-state index in [4.69, 9.17) is 4.74 Å². The zero-order valence-electron chi connectivity index (χ0n) is 12.2. The molecule has 3 heteroatoms. The van der Waals surface area contributed by atoms with E-state index >= 15 is 0 Å². The topological polar surface area (TPSA) is 34.5 Å². The van der Waals surface area contributed by atoms with Crippen LogP contribution in [0.2, 0.25) is 0 Å². The van der Waals surface area contributed by atoms with Gasteiger partial charge in [-0.2, -0.15) is 0 Å². The first-order valence-corrected chi connectivity index (χ1v) is 6.63. The molecule has 0 aliphatic heterocycles. The number of nitrogens with zero attached hydrogens (tertiary/aromatic N) is 2. The Bertz CT molecular complexity index is 531. The smallest absolute Gasteiger partial charge is 0.119 e. The van der Waals surface area contributed by atoms with E-state index in [-0.39, 0.29) is 0 Å². The molecule has 2 aromatic rings. The van der Waals surface area contributed by atoms with Gasteiger partial charge in [0.25, 0.3) is 0 Å². The van der Waals surface area contributed by atoms with E-state index in [0.717, 1.165) is 17.0 Å². The van der Waals surface area contributed by atoms with E-state index in [9.17, 15) is 0 Å². The van der Waals surface area contributed by atoms with Crippen molar-refractivity contribution in [3.63, 3.8) is 0 Å². The lowest BCUT2D eigenvalue weighted by Gasteiger charge is -1.98. The van der Waals surface area contributed by atoms with Crippen LogP contribution in [0.5, 0.6) is 5.75 Å². The highest BCUT2D eigenvalue weighted by Gasteiger charge is 1.89. The summed E-state index contributed by atoms with van der Waals surface area (Å²) in [6.45, 7) is 4.00. The standard InChI is InChI=1S/C15H14N2O.C2H6/c1-18-15-8-6-14(7-9-15)17-11-3-5-13-4-2-10-16-12-13;1-2/h2-12H,1H3;1-2H3/b5-3+,17-11?;. The molecule has 1 heterocycles. The molecule has 0 spiro atoms. The third-order valence-corrected chi connectivity index (χ3v) is 2.36. The van der Waals surface area contributed by atoms with Crippen molar-refractivity contribution in [2.45, 2.75) is 13.8 Å². The van der Waals surface area contributed by atoms with Crippen LogP contribution in [0.25, 0.3) is 6.08 Å². The maximum atomic E-state index is 5.08. The van der Waals surface area contributed by atoms with E-state index in [1.807, 2.05) is 62.4 Å². The Kier molecular flexibility index (Phi) is 7.43. The van der Waals surface area contributed by atoms with Crippen LogP contribution in [0.4, 0.5) is 5.69 Å². The van der Waals surface area contributed by atoms with E-state index in [1.54, 1.807) is 25.7 Å². The number of pyridine rings is 1. The van der Waals surface area contributed by atoms with Crippen LogP contribution in [0.15, 0.2) is 59.9 Å². The van der Waals surface area contributed by atoms with Crippen LogP contribution in [0.3, 0.4) is 0 Å². The predicted octanol–water partition coefficient (Wildman–Crippen LogP) is 4.53. The number of aromatic nitrogens is 1. The molecule has 0 atom stereocenters. The molecule has 1 aromatic heterocycles. The SMILES string of the molecule is CC.COc1ccc(N=C/C=C/c2cccnc2)cc1. The van der Waals surface area contributed by atoms with Crippen molar-refractivity contribution in [3.8, 4) is 5.75 Å². The minimum atomic E-state index is 0.833. The Morgan fingerprint density at radius 2 is 1.85 bits per heavy atom. The van der Waals surface area contributed by atoms with Gasteiger partial charge in [0.15, 0.2) is 0 Å². The summed E-state index contributed by atoms with van der Waals surface area (Å²) in [6.07, 6.45) is 9.16. The first kappa shape index (κ1) is 15.6. The quantitative estimate of drug-likeness (QED) is 0.763. The second-order valence-corrected chi connectivity index (χ2v) is 3.62. The monoisotopic (exact) mass is 268 g/mol. The molecular formula is C17H20N2O. The van der Waals surface area contributed by atoms with Crippen molar-refractivity contribution in [3.05, 3.63) is 60.4 Å². The molecule has 20 heavy (non-hydrogen) atoms. The molecule has 0 saturated heterocycles. The highest BCUT2D eigenvalue weighted by atomic mass is 16.5. The average molecular weight is 268 g/mol. The van der Waals surface area contributed by atoms with Gasteiger partial charge in [0.05, 0.1) is 12.8 Å². The van der Waals surface area contributed by atoms with Crippen LogP contribution in [-0.2, 0) is 0 Å². The van der Waals surface area contributed by atoms with E-state index in [2.05, 4.69) is 9.98 Å². The summed E-state index contributed by atoms with van der Waals surface area (Å²) in [5.41, 5.74) is 1.95. The lowest BCUT2D eigenvalue weighted by atomic mass is 10.2. The molecule has 2 rings (SSSR count). The molecule has 0 bridgehead atoms.